The number of hydrogen-bond acceptors (Lipinski definition) is 5. The summed E-state index contributed by atoms with van der Waals surface area (Å²) in [5.41, 5.74) is 0.902. The third-order valence-electron chi connectivity index (χ3n) is 3.31. The Balaban J connectivity index is 2.06. The van der Waals surface area contributed by atoms with Crippen molar-refractivity contribution >= 4 is 24.0 Å². The van der Waals surface area contributed by atoms with Gasteiger partial charge >= 0.3 is 6.80 Å². The Kier molecular flexibility index (Phi) is 6.07. The van der Waals surface area contributed by atoms with Gasteiger partial charge in [-0.15, -0.1) is 0 Å². The number of carbonyl (C=O) groups is 1. The number of phenols is 2. The van der Waals surface area contributed by atoms with Crippen LogP contribution in [0.2, 0.25) is 0 Å². The Labute approximate surface area is 143 Å². The second-order valence-corrected chi connectivity index (χ2v) is 8.75. The molecule has 0 fully saturated rings. The summed E-state index contributed by atoms with van der Waals surface area (Å²) in [5, 5.41) is 19.1. The first-order chi connectivity index (χ1) is 11.3. The number of benzene rings is 2. The predicted molar refractivity (Wildman–Crippen MR) is 91.4 cm³/mol. The molecule has 0 amide bonds. The van der Waals surface area contributed by atoms with Crippen molar-refractivity contribution in [3.63, 3.8) is 0 Å². The summed E-state index contributed by atoms with van der Waals surface area (Å²) in [6, 6.07) is 10.8. The van der Waals surface area contributed by atoms with E-state index in [1.165, 1.54) is 18.2 Å². The van der Waals surface area contributed by atoms with Gasteiger partial charge in [0.15, 0.2) is 5.78 Å². The van der Waals surface area contributed by atoms with Crippen LogP contribution in [0.4, 0.5) is 0 Å². The zero-order valence-corrected chi connectivity index (χ0v) is 14.3. The fraction of sp³-hybridized carbons (Fsp3) is 0.188. The van der Waals surface area contributed by atoms with Crippen molar-refractivity contribution in [2.75, 3.05) is 0 Å². The lowest BCUT2D eigenvalue weighted by molar-refractivity contribution is 0.0974. The van der Waals surface area contributed by atoms with Crippen molar-refractivity contribution in [1.82, 2.24) is 0 Å². The average molecular weight is 368 g/mol. The Morgan fingerprint density at radius 2 is 1.71 bits per heavy atom. The molecule has 0 unspecified atom stereocenters. The Morgan fingerprint density at radius 3 is 2.33 bits per heavy atom. The van der Waals surface area contributed by atoms with Crippen LogP contribution in [-0.2, 0) is 11.0 Å². The van der Waals surface area contributed by atoms with Gasteiger partial charge < -0.3 is 20.0 Å². The maximum Gasteiger partial charge on any atom is 0.388 e. The van der Waals surface area contributed by atoms with Gasteiger partial charge in [0.1, 0.15) is 11.5 Å². The van der Waals surface area contributed by atoms with Crippen molar-refractivity contribution in [3.05, 3.63) is 53.6 Å². The second-order valence-electron chi connectivity index (χ2n) is 5.18. The zero-order valence-electron chi connectivity index (χ0n) is 12.6. The average Bonchev–Trinajstić information content (AvgIpc) is 2.47. The molecule has 0 saturated carbocycles. The van der Waals surface area contributed by atoms with E-state index in [1.807, 2.05) is 0 Å². The molecule has 4 N–H and O–H groups in total. The van der Waals surface area contributed by atoms with Crippen LogP contribution in [0, 0.1) is 0 Å². The highest BCUT2D eigenvalue weighted by atomic mass is 32.7. The molecule has 0 aromatic heterocycles. The van der Waals surface area contributed by atoms with Crippen LogP contribution in [0.3, 0.4) is 0 Å². The molecule has 8 heteroatoms. The first-order valence-electron chi connectivity index (χ1n) is 7.14. The maximum atomic E-state index is 12.4. The Morgan fingerprint density at radius 1 is 1.04 bits per heavy atom. The summed E-state index contributed by atoms with van der Waals surface area (Å²) in [5.74, 6) is -0.492. The molecule has 128 valence electrons. The molecule has 2 aromatic carbocycles. The lowest BCUT2D eigenvalue weighted by atomic mass is 10.0. The summed E-state index contributed by atoms with van der Waals surface area (Å²) >= 11 is 0.259. The van der Waals surface area contributed by atoms with Crippen molar-refractivity contribution in [2.24, 2.45) is 0 Å². The van der Waals surface area contributed by atoms with Crippen molar-refractivity contribution in [2.45, 2.75) is 24.2 Å². The summed E-state index contributed by atoms with van der Waals surface area (Å²) in [6.45, 7) is -4.42. The SMILES string of the molecule is O=C(CCCc1ccc(O)cc1)c1c(O)cccc1SP(=O)(O)O. The minimum absolute atomic E-state index is 0.0588. The van der Waals surface area contributed by atoms with E-state index in [0.29, 0.717) is 12.8 Å². The van der Waals surface area contributed by atoms with E-state index >= 15 is 0 Å². The van der Waals surface area contributed by atoms with Crippen molar-refractivity contribution in [1.29, 1.82) is 0 Å². The zero-order chi connectivity index (χ0) is 17.7. The summed E-state index contributed by atoms with van der Waals surface area (Å²) in [7, 11) is 0. The van der Waals surface area contributed by atoms with Crippen LogP contribution in [0.15, 0.2) is 47.4 Å². The van der Waals surface area contributed by atoms with Crippen molar-refractivity contribution < 1.29 is 29.4 Å². The van der Waals surface area contributed by atoms with Gasteiger partial charge in [-0.05, 0) is 54.1 Å². The molecule has 0 heterocycles. The number of aromatic hydroxyl groups is 2. The largest absolute Gasteiger partial charge is 0.508 e. The third kappa shape index (κ3) is 5.39. The molecule has 6 nitrogen and oxygen atoms in total. The first-order valence-corrected chi connectivity index (χ1v) is 10.2. The molecular formula is C16H17O6PS. The van der Waals surface area contributed by atoms with Gasteiger partial charge in [0.05, 0.1) is 5.56 Å². The first kappa shape index (κ1) is 18.5. The van der Waals surface area contributed by atoms with Crippen LogP contribution in [0.1, 0.15) is 28.8 Å². The summed E-state index contributed by atoms with van der Waals surface area (Å²) in [6.07, 6.45) is 1.26. The third-order valence-corrected chi connectivity index (χ3v) is 5.38. The molecule has 0 spiro atoms. The molecular weight excluding hydrogens is 351 g/mol. The highest BCUT2D eigenvalue weighted by Gasteiger charge is 2.23. The fourth-order valence-electron chi connectivity index (χ4n) is 2.24. The smallest absolute Gasteiger partial charge is 0.388 e. The molecule has 0 saturated heterocycles. The molecule has 2 aromatic rings. The van der Waals surface area contributed by atoms with E-state index < -0.39 is 6.80 Å². The number of hydrogen-bond donors (Lipinski definition) is 4. The fourth-order valence-corrected chi connectivity index (χ4v) is 4.18. The number of carbonyl (C=O) groups excluding carboxylic acids is 1. The van der Waals surface area contributed by atoms with E-state index in [-0.39, 0.29) is 45.5 Å². The minimum Gasteiger partial charge on any atom is -0.508 e. The molecule has 0 radical (unpaired) electrons. The Hall–Kier alpha value is -1.79. The van der Waals surface area contributed by atoms with Gasteiger partial charge in [0, 0.05) is 11.3 Å². The maximum absolute atomic E-state index is 12.4. The lowest BCUT2D eigenvalue weighted by Crippen LogP contribution is -2.02. The number of aryl methyl sites for hydroxylation is 1. The van der Waals surface area contributed by atoms with Gasteiger partial charge in [0.25, 0.3) is 0 Å². The van der Waals surface area contributed by atoms with Gasteiger partial charge in [-0.2, -0.15) is 0 Å². The van der Waals surface area contributed by atoms with E-state index in [9.17, 15) is 19.6 Å². The van der Waals surface area contributed by atoms with Gasteiger partial charge in [-0.1, -0.05) is 18.2 Å². The molecule has 0 aliphatic heterocycles. The monoisotopic (exact) mass is 368 g/mol. The highest BCUT2D eigenvalue weighted by Crippen LogP contribution is 2.56. The van der Waals surface area contributed by atoms with E-state index in [0.717, 1.165) is 5.56 Å². The topological polar surface area (TPSA) is 115 Å². The normalized spacial score (nSPS) is 11.4. The van der Waals surface area contributed by atoms with E-state index in [4.69, 9.17) is 9.79 Å². The second kappa shape index (κ2) is 7.85. The summed E-state index contributed by atoms with van der Waals surface area (Å²) in [4.78, 5) is 30.6. The van der Waals surface area contributed by atoms with Gasteiger partial charge in [0.2, 0.25) is 0 Å². The minimum atomic E-state index is -4.42. The standard InChI is InChI=1S/C16H17O6PS/c17-12-9-7-11(8-10-12)3-1-4-13(18)16-14(19)5-2-6-15(16)24-23(20,21)22/h2,5-10,17,19H,1,3-4H2,(H2,20,21,22). The predicted octanol–water partition coefficient (Wildman–Crippen LogP) is 3.49. The van der Waals surface area contributed by atoms with Gasteiger partial charge in [-0.25, -0.2) is 4.57 Å². The Bertz CT molecular complexity index is 769. The molecule has 0 aliphatic rings. The van der Waals surface area contributed by atoms with E-state index in [1.54, 1.807) is 24.3 Å². The van der Waals surface area contributed by atoms with E-state index in [2.05, 4.69) is 0 Å². The number of phenolic OH excluding ortho intramolecular Hbond substituents is 2. The van der Waals surface area contributed by atoms with Gasteiger partial charge in [-0.3, -0.25) is 4.79 Å². The van der Waals surface area contributed by atoms with Crippen LogP contribution in [0.5, 0.6) is 11.5 Å². The van der Waals surface area contributed by atoms with Crippen molar-refractivity contribution in [3.8, 4) is 11.5 Å². The quantitative estimate of drug-likeness (QED) is 0.437. The highest BCUT2D eigenvalue weighted by molar-refractivity contribution is 8.54. The molecule has 0 atom stereocenters. The molecule has 0 bridgehead atoms. The van der Waals surface area contributed by atoms with Crippen LogP contribution in [-0.4, -0.2) is 25.8 Å². The molecule has 24 heavy (non-hydrogen) atoms. The molecule has 0 aliphatic carbocycles. The number of rotatable bonds is 7. The summed E-state index contributed by atoms with van der Waals surface area (Å²) < 4.78 is 11.2. The van der Waals surface area contributed by atoms with Crippen LogP contribution in [0.25, 0.3) is 0 Å². The van der Waals surface area contributed by atoms with Crippen LogP contribution >= 0.6 is 18.2 Å². The molecule has 2 rings (SSSR count). The number of Topliss-reactive ketones (excluding diaryl/α,β-unsaturated/α-hetero) is 1. The lowest BCUT2D eigenvalue weighted by Gasteiger charge is -2.11. The number of ketones is 1. The van der Waals surface area contributed by atoms with Crippen LogP contribution < -0.4 is 0 Å².